The summed E-state index contributed by atoms with van der Waals surface area (Å²) in [5.74, 6) is 2.08. The van der Waals surface area contributed by atoms with Gasteiger partial charge in [-0.25, -0.2) is 15.0 Å². The number of hydrogen-bond acceptors (Lipinski definition) is 4. The fourth-order valence-corrected chi connectivity index (χ4v) is 10.6. The molecule has 0 bridgehead atoms. The van der Waals surface area contributed by atoms with E-state index in [4.69, 9.17) is 15.0 Å². The lowest BCUT2D eigenvalue weighted by Crippen LogP contribution is -2.20. The number of fused-ring (bicyclic) bond motifs is 12. The maximum atomic E-state index is 5.19. The quantitative estimate of drug-likeness (QED) is 0.175. The highest BCUT2D eigenvalue weighted by atomic mass is 32.1. The summed E-state index contributed by atoms with van der Waals surface area (Å²) in [5, 5.41) is 7.68. The number of rotatable bonds is 5. The Morgan fingerprint density at radius 3 is 1.72 bits per heavy atom. The van der Waals surface area contributed by atoms with Crippen molar-refractivity contribution >= 4 is 80.7 Å². The van der Waals surface area contributed by atoms with Crippen LogP contribution in [0.15, 0.2) is 182 Å². The molecule has 0 saturated carbocycles. The second kappa shape index (κ2) is 12.9. The first-order chi connectivity index (χ1) is 28.7. The molecule has 274 valence electrons. The predicted octanol–water partition coefficient (Wildman–Crippen LogP) is 13.6. The van der Waals surface area contributed by atoms with Gasteiger partial charge in [0.2, 0.25) is 0 Å². The Kier molecular flexibility index (Phi) is 7.37. The van der Waals surface area contributed by atoms with Crippen LogP contribution in [0.4, 0.5) is 0 Å². The molecule has 12 rings (SSSR count). The van der Waals surface area contributed by atoms with E-state index in [9.17, 15) is 0 Å². The first kappa shape index (κ1) is 33.0. The standard InChI is InChI=1S/C52H35N5S/c1-32-36(52-54-50(33-18-5-2-6-19-33)53-51(55-52)34-20-7-3-8-21-34)27-17-30-40(32)57-42-29-15-12-25-38(42)45-44-37-24-11-14-28-41(37)56(35-22-9-4-10-23-35)47(44)46-39-26-13-16-31-43(39)58-49(46)48(45)57/h2-32,40H,1H3. The zero-order valence-corrected chi connectivity index (χ0v) is 32.4. The summed E-state index contributed by atoms with van der Waals surface area (Å²) in [5.41, 5.74) is 9.14. The number of aromatic nitrogens is 5. The van der Waals surface area contributed by atoms with Crippen molar-refractivity contribution in [1.82, 2.24) is 24.1 Å². The van der Waals surface area contributed by atoms with Gasteiger partial charge in [0.05, 0.1) is 27.3 Å². The Hall–Kier alpha value is -7.15. The van der Waals surface area contributed by atoms with Gasteiger partial charge in [-0.2, -0.15) is 0 Å². The maximum Gasteiger partial charge on any atom is 0.164 e. The second-order valence-electron chi connectivity index (χ2n) is 15.1. The van der Waals surface area contributed by atoms with Gasteiger partial charge in [-0.1, -0.05) is 159 Å². The second-order valence-corrected chi connectivity index (χ2v) is 16.2. The minimum atomic E-state index is -0.0205. The van der Waals surface area contributed by atoms with E-state index < -0.39 is 0 Å². The molecule has 1 aliphatic carbocycles. The molecule has 5 nitrogen and oxygen atoms in total. The molecule has 58 heavy (non-hydrogen) atoms. The lowest BCUT2D eigenvalue weighted by atomic mass is 9.87. The van der Waals surface area contributed by atoms with Gasteiger partial charge in [0.15, 0.2) is 17.5 Å². The Balaban J connectivity index is 1.16. The molecule has 2 unspecified atom stereocenters. The minimum absolute atomic E-state index is 0.0205. The van der Waals surface area contributed by atoms with Crippen LogP contribution < -0.4 is 0 Å². The Morgan fingerprint density at radius 2 is 1.03 bits per heavy atom. The van der Waals surface area contributed by atoms with Gasteiger partial charge in [-0.05, 0) is 30.3 Å². The fraction of sp³-hybridized carbons (Fsp3) is 0.0577. The molecule has 0 saturated heterocycles. The summed E-state index contributed by atoms with van der Waals surface area (Å²) in [6.45, 7) is 2.33. The lowest BCUT2D eigenvalue weighted by molar-refractivity contribution is 0.521. The lowest BCUT2D eigenvalue weighted by Gasteiger charge is -2.29. The van der Waals surface area contributed by atoms with Crippen LogP contribution >= 0.6 is 11.3 Å². The summed E-state index contributed by atoms with van der Waals surface area (Å²) < 4.78 is 7.71. The molecule has 11 aromatic rings. The zero-order chi connectivity index (χ0) is 38.3. The molecule has 1 aliphatic rings. The molecule has 4 heterocycles. The average Bonchev–Trinajstić information content (AvgIpc) is 3.95. The van der Waals surface area contributed by atoms with Crippen LogP contribution in [0.5, 0.6) is 0 Å². The normalized spacial score (nSPS) is 15.7. The molecule has 0 aliphatic heterocycles. The van der Waals surface area contributed by atoms with Gasteiger partial charge in [-0.3, -0.25) is 0 Å². The summed E-state index contributed by atoms with van der Waals surface area (Å²) in [4.78, 5) is 15.4. The molecule has 7 aromatic carbocycles. The molecular formula is C52H35N5S. The first-order valence-electron chi connectivity index (χ1n) is 19.8. The van der Waals surface area contributed by atoms with Gasteiger partial charge in [0.1, 0.15) is 0 Å². The molecule has 0 fully saturated rings. The first-order valence-corrected chi connectivity index (χ1v) is 20.6. The van der Waals surface area contributed by atoms with Gasteiger partial charge >= 0.3 is 0 Å². The molecular weight excluding hydrogens is 727 g/mol. The topological polar surface area (TPSA) is 48.5 Å². The van der Waals surface area contributed by atoms with Gasteiger partial charge in [-0.15, -0.1) is 11.3 Å². The monoisotopic (exact) mass is 761 g/mol. The predicted molar refractivity (Wildman–Crippen MR) is 243 cm³/mol. The number of para-hydroxylation sites is 3. The zero-order valence-electron chi connectivity index (χ0n) is 31.6. The van der Waals surface area contributed by atoms with Gasteiger partial charge in [0, 0.05) is 70.8 Å². The summed E-state index contributed by atoms with van der Waals surface area (Å²) in [6.07, 6.45) is 6.78. The van der Waals surface area contributed by atoms with Crippen LogP contribution in [-0.2, 0) is 0 Å². The minimum Gasteiger partial charge on any atom is -0.332 e. The number of thiophene rings is 1. The third-order valence-corrected chi connectivity index (χ3v) is 13.1. The van der Waals surface area contributed by atoms with Gasteiger partial charge in [0.25, 0.3) is 0 Å². The van der Waals surface area contributed by atoms with Crippen LogP contribution in [-0.4, -0.2) is 24.1 Å². The average molecular weight is 762 g/mol. The Labute approximate surface area is 338 Å². The molecule has 0 spiro atoms. The van der Waals surface area contributed by atoms with Gasteiger partial charge < -0.3 is 9.13 Å². The highest BCUT2D eigenvalue weighted by molar-refractivity contribution is 7.27. The van der Waals surface area contributed by atoms with Crippen LogP contribution in [0.25, 0.3) is 97.8 Å². The van der Waals surface area contributed by atoms with Crippen molar-refractivity contribution in [2.45, 2.75) is 13.0 Å². The molecule has 0 amide bonds. The summed E-state index contributed by atoms with van der Waals surface area (Å²) in [7, 11) is 0. The molecule has 0 radical (unpaired) electrons. The van der Waals surface area contributed by atoms with Crippen molar-refractivity contribution < 1.29 is 0 Å². The van der Waals surface area contributed by atoms with E-state index in [-0.39, 0.29) is 12.0 Å². The number of benzene rings is 7. The van der Waals surface area contributed by atoms with E-state index in [2.05, 4.69) is 162 Å². The summed E-state index contributed by atoms with van der Waals surface area (Å²) >= 11 is 1.90. The van der Waals surface area contributed by atoms with E-state index in [0.717, 1.165) is 22.4 Å². The van der Waals surface area contributed by atoms with E-state index >= 15 is 0 Å². The SMILES string of the molecule is CC1C(c2nc(-c3ccccc3)nc(-c3ccccc3)n2)=CC=CC1n1c2ccccc2c2c3c4ccccc4n(-c4ccccc4)c3c3c4ccccc4sc3c21. The largest absolute Gasteiger partial charge is 0.332 e. The van der Waals surface area contributed by atoms with E-state index in [1.807, 2.05) is 47.7 Å². The van der Waals surface area contributed by atoms with Crippen LogP contribution in [0.2, 0.25) is 0 Å². The smallest absolute Gasteiger partial charge is 0.164 e. The van der Waals surface area contributed by atoms with Crippen molar-refractivity contribution in [3.05, 3.63) is 188 Å². The summed E-state index contributed by atoms with van der Waals surface area (Å²) in [6, 6.07) is 58.2. The number of hydrogen-bond donors (Lipinski definition) is 0. The van der Waals surface area contributed by atoms with Crippen molar-refractivity contribution in [2.24, 2.45) is 5.92 Å². The van der Waals surface area contributed by atoms with E-state index in [1.165, 1.54) is 63.8 Å². The van der Waals surface area contributed by atoms with Crippen LogP contribution in [0.3, 0.4) is 0 Å². The van der Waals surface area contributed by atoms with Crippen LogP contribution in [0, 0.1) is 5.92 Å². The highest BCUT2D eigenvalue weighted by Gasteiger charge is 2.32. The fourth-order valence-electron chi connectivity index (χ4n) is 9.37. The van der Waals surface area contributed by atoms with E-state index in [1.54, 1.807) is 0 Å². The molecule has 4 aromatic heterocycles. The Bertz CT molecular complexity index is 3410. The third kappa shape index (κ3) is 4.85. The third-order valence-electron chi connectivity index (χ3n) is 11.9. The van der Waals surface area contributed by atoms with Crippen molar-refractivity contribution in [3.8, 4) is 28.5 Å². The molecule has 6 heteroatoms. The van der Waals surface area contributed by atoms with E-state index in [0.29, 0.717) is 17.5 Å². The highest BCUT2D eigenvalue weighted by Crippen LogP contribution is 2.52. The maximum absolute atomic E-state index is 5.19. The Morgan fingerprint density at radius 1 is 0.500 bits per heavy atom. The van der Waals surface area contributed by atoms with Crippen molar-refractivity contribution in [1.29, 1.82) is 0 Å². The molecule has 0 N–H and O–H groups in total. The molecule has 2 atom stereocenters. The van der Waals surface area contributed by atoms with Crippen molar-refractivity contribution in [2.75, 3.05) is 0 Å². The number of allylic oxidation sites excluding steroid dienone is 4. The number of nitrogens with zero attached hydrogens (tertiary/aromatic N) is 5. The van der Waals surface area contributed by atoms with Crippen LogP contribution in [0.1, 0.15) is 18.8 Å². The van der Waals surface area contributed by atoms with Crippen molar-refractivity contribution in [3.63, 3.8) is 0 Å².